The van der Waals surface area contributed by atoms with Crippen molar-refractivity contribution in [1.82, 2.24) is 20.0 Å². The maximum absolute atomic E-state index is 12.3. The molecule has 3 heterocycles. The molecule has 0 aliphatic carbocycles. The lowest BCUT2D eigenvalue weighted by Gasteiger charge is -2.24. The zero-order valence-electron chi connectivity index (χ0n) is 12.5. The van der Waals surface area contributed by atoms with Gasteiger partial charge in [-0.05, 0) is 6.42 Å². The molecule has 3 aromatic rings. The molecule has 4 rings (SSSR count). The standard InChI is InChI=1S/C17H16N4O2/c22-17(19-13-6-7-16-18-8-9-21(16)11-13)15-10-14(20-23-15)12-4-2-1-3-5-12/h1-5,8-10,13H,6-7,11H2,(H,19,22)/t13-/m0/s1. The van der Waals surface area contributed by atoms with Crippen LogP contribution in [0.3, 0.4) is 0 Å². The Morgan fingerprint density at radius 1 is 1.30 bits per heavy atom. The van der Waals surface area contributed by atoms with Gasteiger partial charge in [-0.2, -0.15) is 0 Å². The van der Waals surface area contributed by atoms with Gasteiger partial charge in [0.15, 0.2) is 0 Å². The Labute approximate surface area is 133 Å². The minimum Gasteiger partial charge on any atom is -0.350 e. The number of hydrogen-bond acceptors (Lipinski definition) is 4. The molecule has 0 radical (unpaired) electrons. The Balaban J connectivity index is 1.45. The zero-order valence-corrected chi connectivity index (χ0v) is 12.5. The van der Waals surface area contributed by atoms with Crippen molar-refractivity contribution in [2.24, 2.45) is 0 Å². The second-order valence-electron chi connectivity index (χ2n) is 5.65. The number of nitrogens with one attached hydrogen (secondary N) is 1. The van der Waals surface area contributed by atoms with Crippen molar-refractivity contribution in [2.45, 2.75) is 25.4 Å². The number of rotatable bonds is 3. The van der Waals surface area contributed by atoms with E-state index in [1.807, 2.05) is 36.5 Å². The lowest BCUT2D eigenvalue weighted by molar-refractivity contribution is 0.0890. The van der Waals surface area contributed by atoms with E-state index in [1.165, 1.54) is 0 Å². The smallest absolute Gasteiger partial charge is 0.290 e. The molecule has 1 atom stereocenters. The number of hydrogen-bond donors (Lipinski definition) is 1. The number of fused-ring (bicyclic) bond motifs is 1. The molecule has 116 valence electrons. The van der Waals surface area contributed by atoms with Gasteiger partial charge >= 0.3 is 0 Å². The van der Waals surface area contributed by atoms with E-state index < -0.39 is 0 Å². The van der Waals surface area contributed by atoms with E-state index in [0.29, 0.717) is 5.69 Å². The minimum absolute atomic E-state index is 0.0782. The highest BCUT2D eigenvalue weighted by atomic mass is 16.5. The number of amides is 1. The Bertz CT molecular complexity index is 822. The van der Waals surface area contributed by atoms with Crippen LogP contribution < -0.4 is 5.32 Å². The first-order chi connectivity index (χ1) is 11.3. The zero-order chi connectivity index (χ0) is 15.6. The predicted octanol–water partition coefficient (Wildman–Crippen LogP) is 2.28. The number of nitrogens with zero attached hydrogens (tertiary/aromatic N) is 3. The third kappa shape index (κ3) is 2.75. The van der Waals surface area contributed by atoms with Crippen LogP contribution in [0.1, 0.15) is 22.8 Å². The minimum atomic E-state index is -0.228. The van der Waals surface area contributed by atoms with E-state index >= 15 is 0 Å². The summed E-state index contributed by atoms with van der Waals surface area (Å²) < 4.78 is 7.27. The molecule has 6 nitrogen and oxygen atoms in total. The van der Waals surface area contributed by atoms with Crippen molar-refractivity contribution in [2.75, 3.05) is 0 Å². The number of aromatic nitrogens is 3. The molecule has 1 N–H and O–H groups in total. The van der Waals surface area contributed by atoms with Gasteiger partial charge < -0.3 is 14.4 Å². The molecular formula is C17H16N4O2. The van der Waals surface area contributed by atoms with E-state index in [4.69, 9.17) is 4.52 Å². The fourth-order valence-electron chi connectivity index (χ4n) is 2.87. The van der Waals surface area contributed by atoms with Crippen molar-refractivity contribution >= 4 is 5.91 Å². The molecule has 0 spiro atoms. The van der Waals surface area contributed by atoms with Gasteiger partial charge in [0.05, 0.1) is 0 Å². The molecular weight excluding hydrogens is 292 g/mol. The van der Waals surface area contributed by atoms with Crippen LogP contribution in [0.15, 0.2) is 53.3 Å². The van der Waals surface area contributed by atoms with Crippen LogP contribution in [-0.2, 0) is 13.0 Å². The summed E-state index contributed by atoms with van der Waals surface area (Å²) in [6, 6.07) is 11.4. The summed E-state index contributed by atoms with van der Waals surface area (Å²) >= 11 is 0. The van der Waals surface area contributed by atoms with Crippen LogP contribution in [0.25, 0.3) is 11.3 Å². The SMILES string of the molecule is O=C(N[C@H]1CCc2nccn2C1)c1cc(-c2ccccc2)no1. The number of carbonyl (C=O) groups excluding carboxylic acids is 1. The fraction of sp³-hybridized carbons (Fsp3) is 0.235. The summed E-state index contributed by atoms with van der Waals surface area (Å²) in [5.74, 6) is 1.08. The van der Waals surface area contributed by atoms with Gasteiger partial charge in [-0.3, -0.25) is 4.79 Å². The van der Waals surface area contributed by atoms with Gasteiger partial charge in [0.25, 0.3) is 5.91 Å². The van der Waals surface area contributed by atoms with Gasteiger partial charge in [-0.15, -0.1) is 0 Å². The van der Waals surface area contributed by atoms with Crippen LogP contribution in [0, 0.1) is 0 Å². The van der Waals surface area contributed by atoms with Crippen LogP contribution in [0.2, 0.25) is 0 Å². The summed E-state index contributed by atoms with van der Waals surface area (Å²) in [6.07, 6.45) is 5.48. The molecule has 0 saturated heterocycles. The Hall–Kier alpha value is -2.89. The molecule has 0 bridgehead atoms. The lowest BCUT2D eigenvalue weighted by Crippen LogP contribution is -2.40. The highest BCUT2D eigenvalue weighted by molar-refractivity contribution is 5.92. The quantitative estimate of drug-likeness (QED) is 0.805. The van der Waals surface area contributed by atoms with Crippen molar-refractivity contribution < 1.29 is 9.32 Å². The van der Waals surface area contributed by atoms with E-state index in [0.717, 1.165) is 30.8 Å². The maximum atomic E-state index is 12.3. The average Bonchev–Trinajstić information content (AvgIpc) is 3.24. The third-order valence-corrected chi connectivity index (χ3v) is 4.07. The van der Waals surface area contributed by atoms with E-state index in [9.17, 15) is 4.79 Å². The van der Waals surface area contributed by atoms with Gasteiger partial charge in [-0.1, -0.05) is 35.5 Å². The molecule has 1 aromatic carbocycles. The molecule has 1 aliphatic rings. The highest BCUT2D eigenvalue weighted by Gasteiger charge is 2.22. The van der Waals surface area contributed by atoms with Crippen LogP contribution >= 0.6 is 0 Å². The summed E-state index contributed by atoms with van der Waals surface area (Å²) in [5, 5.41) is 6.99. The summed E-state index contributed by atoms with van der Waals surface area (Å²) in [5.41, 5.74) is 1.59. The predicted molar refractivity (Wildman–Crippen MR) is 83.7 cm³/mol. The van der Waals surface area contributed by atoms with E-state index in [1.54, 1.807) is 12.3 Å². The number of carbonyl (C=O) groups is 1. The number of benzene rings is 1. The molecule has 0 unspecified atom stereocenters. The second-order valence-corrected chi connectivity index (χ2v) is 5.65. The van der Waals surface area contributed by atoms with Crippen molar-refractivity contribution in [3.63, 3.8) is 0 Å². The molecule has 1 aliphatic heterocycles. The normalized spacial score (nSPS) is 16.8. The molecule has 0 fully saturated rings. The third-order valence-electron chi connectivity index (χ3n) is 4.07. The Morgan fingerprint density at radius 3 is 3.04 bits per heavy atom. The largest absolute Gasteiger partial charge is 0.350 e. The first-order valence-electron chi connectivity index (χ1n) is 7.62. The van der Waals surface area contributed by atoms with Gasteiger partial charge in [0.2, 0.25) is 5.76 Å². The summed E-state index contributed by atoms with van der Waals surface area (Å²) in [6.45, 7) is 0.737. The Kier molecular flexibility index (Phi) is 3.42. The van der Waals surface area contributed by atoms with Crippen LogP contribution in [0.4, 0.5) is 0 Å². The topological polar surface area (TPSA) is 73.0 Å². The number of imidazole rings is 1. The summed E-state index contributed by atoms with van der Waals surface area (Å²) in [4.78, 5) is 16.6. The average molecular weight is 308 g/mol. The first-order valence-corrected chi connectivity index (χ1v) is 7.62. The van der Waals surface area contributed by atoms with Gasteiger partial charge in [-0.25, -0.2) is 4.98 Å². The Morgan fingerprint density at radius 2 is 2.17 bits per heavy atom. The van der Waals surface area contributed by atoms with Crippen molar-refractivity contribution in [3.8, 4) is 11.3 Å². The molecule has 2 aromatic heterocycles. The second kappa shape index (κ2) is 5.72. The van der Waals surface area contributed by atoms with E-state index in [2.05, 4.69) is 20.0 Å². The van der Waals surface area contributed by atoms with Gasteiger partial charge in [0.1, 0.15) is 11.5 Å². The maximum Gasteiger partial charge on any atom is 0.290 e. The molecule has 0 saturated carbocycles. The van der Waals surface area contributed by atoms with Gasteiger partial charge in [0, 0.05) is 43.0 Å². The fourth-order valence-corrected chi connectivity index (χ4v) is 2.87. The van der Waals surface area contributed by atoms with E-state index in [-0.39, 0.29) is 17.7 Å². The highest BCUT2D eigenvalue weighted by Crippen LogP contribution is 2.19. The van der Waals surface area contributed by atoms with Crippen LogP contribution in [-0.4, -0.2) is 26.7 Å². The lowest BCUT2D eigenvalue weighted by atomic mass is 10.1. The number of aryl methyl sites for hydroxylation is 1. The molecule has 23 heavy (non-hydrogen) atoms. The van der Waals surface area contributed by atoms with Crippen LogP contribution in [0.5, 0.6) is 0 Å². The first kappa shape index (κ1) is 13.8. The monoisotopic (exact) mass is 308 g/mol. The molecule has 1 amide bonds. The molecule has 6 heteroatoms. The van der Waals surface area contributed by atoms with Crippen molar-refractivity contribution in [3.05, 3.63) is 60.4 Å². The van der Waals surface area contributed by atoms with Crippen molar-refractivity contribution in [1.29, 1.82) is 0 Å². The summed E-state index contributed by atoms with van der Waals surface area (Å²) in [7, 11) is 0.